The molecule has 0 aliphatic rings. The molecule has 0 spiro atoms. The van der Waals surface area contributed by atoms with Crippen LogP contribution in [0.3, 0.4) is 0 Å². The van der Waals surface area contributed by atoms with Crippen LogP contribution < -0.4 is 4.72 Å². The number of benzene rings is 1. The van der Waals surface area contributed by atoms with Crippen LogP contribution in [0.15, 0.2) is 28.5 Å². The SMILES string of the molecule is Cc1nc(Cl)sc1S(=O)(=O)NC(C)c1ccccc1F. The zero-order valence-corrected chi connectivity index (χ0v) is 13.1. The van der Waals surface area contributed by atoms with Crippen molar-refractivity contribution in [3.05, 3.63) is 45.8 Å². The molecule has 0 fully saturated rings. The Hall–Kier alpha value is -1.02. The summed E-state index contributed by atoms with van der Waals surface area (Å²) in [5.74, 6) is -0.457. The van der Waals surface area contributed by atoms with Crippen molar-refractivity contribution in [1.29, 1.82) is 0 Å². The molecule has 0 aliphatic heterocycles. The number of sulfonamides is 1. The van der Waals surface area contributed by atoms with Gasteiger partial charge >= 0.3 is 0 Å². The van der Waals surface area contributed by atoms with Gasteiger partial charge < -0.3 is 0 Å². The molecule has 108 valence electrons. The van der Waals surface area contributed by atoms with E-state index in [9.17, 15) is 12.8 Å². The van der Waals surface area contributed by atoms with Gasteiger partial charge in [-0.25, -0.2) is 22.5 Å². The standard InChI is InChI=1S/C12H12ClFN2O2S2/c1-7(9-5-3-4-6-10(9)14)16-20(17,18)11-8(2)15-12(13)19-11/h3-7,16H,1-2H3. The number of thiazole rings is 1. The Labute approximate surface area is 125 Å². The van der Waals surface area contributed by atoms with Crippen LogP contribution in [-0.2, 0) is 10.0 Å². The molecule has 1 atom stereocenters. The molecule has 20 heavy (non-hydrogen) atoms. The second-order valence-electron chi connectivity index (χ2n) is 4.20. The van der Waals surface area contributed by atoms with Crippen molar-refractivity contribution in [1.82, 2.24) is 9.71 Å². The Morgan fingerprint density at radius 3 is 2.60 bits per heavy atom. The zero-order valence-electron chi connectivity index (χ0n) is 10.7. The zero-order chi connectivity index (χ0) is 14.9. The van der Waals surface area contributed by atoms with Gasteiger partial charge in [0.15, 0.2) is 8.68 Å². The molecule has 2 aromatic rings. The Balaban J connectivity index is 2.29. The molecule has 1 unspecified atom stereocenters. The summed E-state index contributed by atoms with van der Waals surface area (Å²) < 4.78 is 40.7. The molecule has 0 saturated carbocycles. The first-order chi connectivity index (χ1) is 9.31. The van der Waals surface area contributed by atoms with Gasteiger partial charge in [-0.05, 0) is 19.9 Å². The van der Waals surface area contributed by atoms with Crippen molar-refractivity contribution in [2.75, 3.05) is 0 Å². The smallest absolute Gasteiger partial charge is 0.229 e. The van der Waals surface area contributed by atoms with Gasteiger partial charge in [-0.3, -0.25) is 0 Å². The molecule has 0 bridgehead atoms. The van der Waals surface area contributed by atoms with Crippen molar-refractivity contribution in [2.24, 2.45) is 0 Å². The quantitative estimate of drug-likeness (QED) is 0.933. The van der Waals surface area contributed by atoms with E-state index in [1.807, 2.05) is 0 Å². The van der Waals surface area contributed by atoms with E-state index in [0.717, 1.165) is 11.3 Å². The molecule has 1 aromatic carbocycles. The number of nitrogens with one attached hydrogen (secondary N) is 1. The van der Waals surface area contributed by atoms with Crippen molar-refractivity contribution in [2.45, 2.75) is 24.1 Å². The van der Waals surface area contributed by atoms with Crippen molar-refractivity contribution in [3.8, 4) is 0 Å². The highest BCUT2D eigenvalue weighted by molar-refractivity contribution is 7.91. The third kappa shape index (κ3) is 3.17. The van der Waals surface area contributed by atoms with Gasteiger partial charge in [0.25, 0.3) is 10.0 Å². The number of halogens is 2. The molecule has 8 heteroatoms. The lowest BCUT2D eigenvalue weighted by molar-refractivity contribution is 0.551. The lowest BCUT2D eigenvalue weighted by Gasteiger charge is -2.14. The fraction of sp³-hybridized carbons (Fsp3) is 0.250. The Morgan fingerprint density at radius 2 is 2.05 bits per heavy atom. The number of hydrogen-bond donors (Lipinski definition) is 1. The third-order valence-corrected chi connectivity index (χ3v) is 6.09. The number of nitrogens with zero attached hydrogens (tertiary/aromatic N) is 1. The maximum atomic E-state index is 13.6. The van der Waals surface area contributed by atoms with Gasteiger partial charge in [-0.15, -0.1) is 0 Å². The summed E-state index contributed by atoms with van der Waals surface area (Å²) in [6, 6.07) is 5.33. The van der Waals surface area contributed by atoms with Gasteiger partial charge in [-0.1, -0.05) is 41.1 Å². The van der Waals surface area contributed by atoms with E-state index in [1.54, 1.807) is 26.0 Å². The van der Waals surface area contributed by atoms with E-state index in [4.69, 9.17) is 11.6 Å². The number of aromatic nitrogens is 1. The first kappa shape index (κ1) is 15.4. The van der Waals surface area contributed by atoms with Crippen LogP contribution in [0.1, 0.15) is 24.2 Å². The summed E-state index contributed by atoms with van der Waals surface area (Å²) in [6.07, 6.45) is 0. The largest absolute Gasteiger partial charge is 0.252 e. The van der Waals surface area contributed by atoms with Crippen LogP contribution in [-0.4, -0.2) is 13.4 Å². The molecule has 4 nitrogen and oxygen atoms in total. The topological polar surface area (TPSA) is 59.1 Å². The van der Waals surface area contributed by atoms with E-state index in [1.165, 1.54) is 12.1 Å². The van der Waals surface area contributed by atoms with Crippen LogP contribution in [0.5, 0.6) is 0 Å². The van der Waals surface area contributed by atoms with Gasteiger partial charge in [0.1, 0.15) is 5.82 Å². The second-order valence-corrected chi connectivity index (χ2v) is 7.69. The first-order valence-corrected chi connectivity index (χ1v) is 8.38. The third-order valence-electron chi connectivity index (χ3n) is 2.68. The molecular formula is C12H12ClFN2O2S2. The van der Waals surface area contributed by atoms with Gasteiger partial charge in [0.05, 0.1) is 5.69 Å². The molecule has 1 aromatic heterocycles. The molecule has 0 saturated heterocycles. The lowest BCUT2D eigenvalue weighted by atomic mass is 10.1. The van der Waals surface area contributed by atoms with Crippen LogP contribution in [0.25, 0.3) is 0 Å². The van der Waals surface area contributed by atoms with Crippen LogP contribution in [0.4, 0.5) is 4.39 Å². The van der Waals surface area contributed by atoms with Crippen molar-refractivity contribution in [3.63, 3.8) is 0 Å². The Kier molecular flexibility index (Phi) is 4.43. The maximum Gasteiger partial charge on any atom is 0.252 e. The second kappa shape index (κ2) is 5.77. The average molecular weight is 335 g/mol. The number of rotatable bonds is 4. The fourth-order valence-corrected chi connectivity index (χ4v) is 4.75. The highest BCUT2D eigenvalue weighted by Gasteiger charge is 2.24. The molecule has 0 amide bonds. The van der Waals surface area contributed by atoms with Gasteiger partial charge in [-0.2, -0.15) is 0 Å². The number of aryl methyl sites for hydroxylation is 1. The van der Waals surface area contributed by atoms with Crippen LogP contribution in [0.2, 0.25) is 4.47 Å². The highest BCUT2D eigenvalue weighted by atomic mass is 35.5. The first-order valence-electron chi connectivity index (χ1n) is 5.71. The Bertz CT molecular complexity index is 731. The Morgan fingerprint density at radius 1 is 1.40 bits per heavy atom. The predicted molar refractivity (Wildman–Crippen MR) is 77.0 cm³/mol. The van der Waals surface area contributed by atoms with Gasteiger partial charge in [0.2, 0.25) is 0 Å². The summed E-state index contributed by atoms with van der Waals surface area (Å²) in [7, 11) is -3.78. The minimum absolute atomic E-state index is 0.0469. The molecule has 1 N–H and O–H groups in total. The van der Waals surface area contributed by atoms with E-state index in [2.05, 4.69) is 9.71 Å². The fourth-order valence-electron chi connectivity index (χ4n) is 1.78. The molecular weight excluding hydrogens is 323 g/mol. The highest BCUT2D eigenvalue weighted by Crippen LogP contribution is 2.28. The average Bonchev–Trinajstić information content (AvgIpc) is 2.69. The minimum atomic E-state index is -3.78. The van der Waals surface area contributed by atoms with Crippen LogP contribution >= 0.6 is 22.9 Å². The minimum Gasteiger partial charge on any atom is -0.229 e. The summed E-state index contributed by atoms with van der Waals surface area (Å²) in [5.41, 5.74) is 0.609. The molecule has 2 rings (SSSR count). The van der Waals surface area contributed by atoms with Crippen molar-refractivity contribution >= 4 is 33.0 Å². The van der Waals surface area contributed by atoms with Gasteiger partial charge in [0, 0.05) is 11.6 Å². The monoisotopic (exact) mass is 334 g/mol. The normalized spacial score (nSPS) is 13.4. The molecule has 1 heterocycles. The lowest BCUT2D eigenvalue weighted by Crippen LogP contribution is -2.27. The number of hydrogen-bond acceptors (Lipinski definition) is 4. The summed E-state index contributed by atoms with van der Waals surface area (Å²) >= 11 is 6.58. The van der Waals surface area contributed by atoms with E-state index in [-0.39, 0.29) is 14.2 Å². The summed E-state index contributed by atoms with van der Waals surface area (Å²) in [5, 5.41) is 0. The summed E-state index contributed by atoms with van der Waals surface area (Å²) in [4.78, 5) is 3.87. The van der Waals surface area contributed by atoms with Crippen LogP contribution in [0, 0.1) is 12.7 Å². The molecule has 0 aliphatic carbocycles. The maximum absolute atomic E-state index is 13.6. The summed E-state index contributed by atoms with van der Waals surface area (Å²) in [6.45, 7) is 3.14. The van der Waals surface area contributed by atoms with Crippen molar-refractivity contribution < 1.29 is 12.8 Å². The van der Waals surface area contributed by atoms with E-state index in [0.29, 0.717) is 5.69 Å². The van der Waals surface area contributed by atoms with E-state index >= 15 is 0 Å². The predicted octanol–water partition coefficient (Wildman–Crippen LogP) is 3.28. The molecule has 0 radical (unpaired) electrons. The van der Waals surface area contributed by atoms with E-state index < -0.39 is 21.9 Å².